The van der Waals surface area contributed by atoms with Crippen molar-refractivity contribution >= 4 is 61.2 Å². The average molecular weight is 898 g/mol. The number of halogens is 1. The van der Waals surface area contributed by atoms with Crippen molar-refractivity contribution in [3.8, 4) is 11.5 Å². The Bertz CT molecular complexity index is 2620. The molecule has 3 aromatic carbocycles. The van der Waals surface area contributed by atoms with E-state index in [9.17, 15) is 23.3 Å². The Labute approximate surface area is 372 Å². The zero-order valence-electron chi connectivity index (χ0n) is 35.6. The molecule has 1 unspecified atom stereocenters. The van der Waals surface area contributed by atoms with Crippen LogP contribution in [0.5, 0.6) is 11.5 Å². The number of piperazine rings is 1. The van der Waals surface area contributed by atoms with E-state index in [-0.39, 0.29) is 34.1 Å². The number of allylic oxidation sites excluding steroid dienone is 1. The van der Waals surface area contributed by atoms with Crippen molar-refractivity contribution < 1.29 is 32.3 Å². The van der Waals surface area contributed by atoms with Gasteiger partial charge in [-0.15, -0.1) is 0 Å². The van der Waals surface area contributed by atoms with Gasteiger partial charge in [-0.2, -0.15) is 0 Å². The van der Waals surface area contributed by atoms with Gasteiger partial charge in [0.15, 0.2) is 0 Å². The lowest BCUT2D eigenvalue weighted by Gasteiger charge is -2.40. The van der Waals surface area contributed by atoms with Gasteiger partial charge >= 0.3 is 0 Å². The lowest BCUT2D eigenvalue weighted by molar-refractivity contribution is -0.384. The molecular formula is C46H52ClN7O8S. The van der Waals surface area contributed by atoms with Crippen LogP contribution in [0.15, 0.2) is 95.7 Å². The van der Waals surface area contributed by atoms with Crippen LogP contribution in [0, 0.1) is 15.5 Å². The number of hydrogen-bond acceptors (Lipinski definition) is 12. The number of rotatable bonds is 14. The summed E-state index contributed by atoms with van der Waals surface area (Å²) >= 11 is 6.27. The van der Waals surface area contributed by atoms with Gasteiger partial charge in [-0.3, -0.25) is 19.8 Å². The number of benzene rings is 3. The Kier molecular flexibility index (Phi) is 13.1. The van der Waals surface area contributed by atoms with Crippen LogP contribution in [0.4, 0.5) is 17.1 Å². The van der Waals surface area contributed by atoms with Crippen molar-refractivity contribution in [2.45, 2.75) is 50.0 Å². The first-order chi connectivity index (χ1) is 30.3. The number of aromatic amines is 1. The number of nitro benzene ring substituents is 1. The first-order valence-corrected chi connectivity index (χ1v) is 23.0. The number of methoxy groups -OCH3 is 1. The van der Waals surface area contributed by atoms with Crippen LogP contribution in [-0.4, -0.2) is 107 Å². The van der Waals surface area contributed by atoms with E-state index in [1.807, 2.05) is 18.2 Å². The molecule has 2 aromatic heterocycles. The molecule has 8 rings (SSSR count). The second-order valence-corrected chi connectivity index (χ2v) is 19.1. The van der Waals surface area contributed by atoms with Gasteiger partial charge in [0.2, 0.25) is 0 Å². The van der Waals surface area contributed by atoms with Crippen LogP contribution in [0.25, 0.3) is 16.6 Å². The number of hydrogen-bond donors (Lipinski definition) is 2. The molecule has 15 nitrogen and oxygen atoms in total. The number of H-pyrrole nitrogens is 1. The summed E-state index contributed by atoms with van der Waals surface area (Å²) in [7, 11) is -1.06. The molecule has 0 bridgehead atoms. The summed E-state index contributed by atoms with van der Waals surface area (Å²) in [4.78, 5) is 39.1. The van der Waals surface area contributed by atoms with Crippen LogP contribution in [0.3, 0.4) is 0 Å². The number of fused-ring (bicyclic) bond motifs is 1. The van der Waals surface area contributed by atoms with E-state index in [1.54, 1.807) is 49.5 Å². The molecule has 2 aliphatic heterocycles. The fourth-order valence-corrected chi connectivity index (χ4v) is 10.1. The number of carbonyl (C=O) groups is 1. The quantitative estimate of drug-likeness (QED) is 0.0813. The predicted octanol–water partition coefficient (Wildman–Crippen LogP) is 8.06. The van der Waals surface area contributed by atoms with E-state index in [2.05, 4.69) is 43.5 Å². The lowest BCUT2D eigenvalue weighted by Crippen LogP contribution is -2.47. The number of pyridine rings is 1. The van der Waals surface area contributed by atoms with E-state index in [1.165, 1.54) is 35.0 Å². The number of amides is 1. The van der Waals surface area contributed by atoms with Crippen molar-refractivity contribution in [3.63, 3.8) is 0 Å². The van der Waals surface area contributed by atoms with Crippen molar-refractivity contribution in [2.24, 2.45) is 5.41 Å². The fraction of sp³-hybridized carbons (Fsp3) is 0.391. The smallest absolute Gasteiger partial charge is 0.293 e. The van der Waals surface area contributed by atoms with Crippen LogP contribution < -0.4 is 19.3 Å². The number of sulfonamides is 1. The molecule has 2 fully saturated rings. The maximum absolute atomic E-state index is 14.0. The highest BCUT2D eigenvalue weighted by Crippen LogP contribution is 2.44. The van der Waals surface area contributed by atoms with Gasteiger partial charge in [-0.25, -0.2) is 18.1 Å². The lowest BCUT2D eigenvalue weighted by atomic mass is 9.71. The van der Waals surface area contributed by atoms with E-state index in [0.717, 1.165) is 56.0 Å². The highest BCUT2D eigenvalue weighted by molar-refractivity contribution is 7.90. The topological polar surface area (TPSA) is 172 Å². The molecule has 1 atom stereocenters. The first kappa shape index (κ1) is 44.1. The summed E-state index contributed by atoms with van der Waals surface area (Å²) in [5, 5.41) is 13.7. The largest absolute Gasteiger partial charge is 0.455 e. The molecule has 5 aromatic rings. The minimum absolute atomic E-state index is 0.00941. The minimum atomic E-state index is -4.57. The molecule has 332 valence electrons. The van der Waals surface area contributed by atoms with Crippen molar-refractivity contribution in [3.05, 3.63) is 117 Å². The number of ether oxygens (including phenoxy) is 3. The third kappa shape index (κ3) is 10.00. The van der Waals surface area contributed by atoms with Crippen molar-refractivity contribution in [1.82, 2.24) is 19.6 Å². The Morgan fingerprint density at radius 3 is 2.56 bits per heavy atom. The standard InChI is InChI=1S/C46H52ClN7O8S/c1-46(30-60-3)16-12-33(40(27-46)31-4-6-34(47)7-5-31)29-52-18-20-53(21-19-52)36-8-10-39(43(25-36)62-37-24-32-13-17-48-44(32)49-28-37)45(55)50-63(58,59)38-9-11-41(42(26-38)54(56)57)51(2)35-14-22-61-23-15-35/h4-11,13,17,24-26,28,35H,12,14-16,18-23,27,29-30H2,1-3H3,(H,48,49)(H,50,55). The molecule has 1 aliphatic carbocycles. The zero-order chi connectivity index (χ0) is 44.3. The maximum atomic E-state index is 14.0. The highest BCUT2D eigenvalue weighted by atomic mass is 35.5. The number of carbonyl (C=O) groups excluding carboxylic acids is 1. The number of aromatic nitrogens is 2. The third-order valence-corrected chi connectivity index (χ3v) is 14.1. The summed E-state index contributed by atoms with van der Waals surface area (Å²) in [5.41, 5.74) is 5.34. The summed E-state index contributed by atoms with van der Waals surface area (Å²) in [6.07, 6.45) is 7.60. The Balaban J connectivity index is 1.02. The highest BCUT2D eigenvalue weighted by Gasteiger charge is 2.34. The number of nitro groups is 1. The molecule has 2 N–H and O–H groups in total. The molecule has 1 amide bonds. The predicted molar refractivity (Wildman–Crippen MR) is 243 cm³/mol. The second-order valence-electron chi connectivity index (χ2n) is 16.9. The summed E-state index contributed by atoms with van der Waals surface area (Å²) in [6, 6.07) is 20.4. The van der Waals surface area contributed by atoms with Gasteiger partial charge in [0.1, 0.15) is 22.8 Å². The van der Waals surface area contributed by atoms with Gasteiger partial charge in [0.05, 0.1) is 28.2 Å². The Morgan fingerprint density at radius 2 is 1.83 bits per heavy atom. The van der Waals surface area contributed by atoms with E-state index in [0.29, 0.717) is 62.2 Å². The molecule has 63 heavy (non-hydrogen) atoms. The van der Waals surface area contributed by atoms with Gasteiger partial charge in [0, 0.05) is 101 Å². The Morgan fingerprint density at radius 1 is 1.06 bits per heavy atom. The maximum Gasteiger partial charge on any atom is 0.293 e. The van der Waals surface area contributed by atoms with Crippen molar-refractivity contribution in [2.75, 3.05) is 76.5 Å². The fourth-order valence-electron chi connectivity index (χ4n) is 8.98. The van der Waals surface area contributed by atoms with Crippen LogP contribution in [0.2, 0.25) is 5.02 Å². The van der Waals surface area contributed by atoms with E-state index in [4.69, 9.17) is 25.8 Å². The van der Waals surface area contributed by atoms with Crippen LogP contribution in [0.1, 0.15) is 54.9 Å². The summed E-state index contributed by atoms with van der Waals surface area (Å²) < 4.78 is 47.1. The zero-order valence-corrected chi connectivity index (χ0v) is 37.2. The van der Waals surface area contributed by atoms with Gasteiger partial charge < -0.3 is 29.0 Å². The molecule has 0 radical (unpaired) electrons. The first-order valence-electron chi connectivity index (χ1n) is 21.1. The normalized spacial score (nSPS) is 19.0. The SMILES string of the molecule is COCC1(C)CCC(CN2CCN(c3ccc(C(=O)NS(=O)(=O)c4ccc(N(C)C5CCOCC5)c([N+](=O)[O-])c4)c(Oc4cnc5[nH]ccc5c4)c3)CC2)=C(c2ccc(Cl)cc2)C1. The molecule has 3 aliphatic rings. The second kappa shape index (κ2) is 18.7. The monoisotopic (exact) mass is 897 g/mol. The molecule has 0 saturated carbocycles. The Hall–Kier alpha value is -5.52. The minimum Gasteiger partial charge on any atom is -0.455 e. The molecule has 17 heteroatoms. The molecular weight excluding hydrogens is 846 g/mol. The summed E-state index contributed by atoms with van der Waals surface area (Å²) in [5.74, 6) is -0.487. The number of nitrogens with one attached hydrogen (secondary N) is 2. The number of anilines is 2. The molecule has 0 spiro atoms. The summed E-state index contributed by atoms with van der Waals surface area (Å²) in [6.45, 7) is 7.92. The van der Waals surface area contributed by atoms with Crippen molar-refractivity contribution in [1.29, 1.82) is 0 Å². The molecule has 4 heterocycles. The van der Waals surface area contributed by atoms with Gasteiger partial charge in [-0.05, 0) is 97.2 Å². The molecule has 2 saturated heterocycles. The third-order valence-electron chi connectivity index (χ3n) is 12.5. The average Bonchev–Trinajstić information content (AvgIpc) is 3.75. The van der Waals surface area contributed by atoms with Crippen LogP contribution in [-0.2, 0) is 19.5 Å². The van der Waals surface area contributed by atoms with E-state index >= 15 is 0 Å². The van der Waals surface area contributed by atoms with Gasteiger partial charge in [0.25, 0.3) is 21.6 Å². The van der Waals surface area contributed by atoms with Gasteiger partial charge in [-0.1, -0.05) is 36.2 Å². The van der Waals surface area contributed by atoms with Crippen LogP contribution >= 0.6 is 11.6 Å². The number of nitrogens with zero attached hydrogens (tertiary/aromatic N) is 5. The van der Waals surface area contributed by atoms with E-state index < -0.39 is 25.7 Å².